The molecule has 2 fully saturated rings. The van der Waals surface area contributed by atoms with Crippen LogP contribution in [0.15, 0.2) is 60.9 Å². The lowest BCUT2D eigenvalue weighted by Gasteiger charge is -2.21. The second kappa shape index (κ2) is 11.5. The minimum absolute atomic E-state index is 0.144. The molecule has 0 spiro atoms. The molecule has 0 amide bonds. The zero-order chi connectivity index (χ0) is 23.9. The first-order valence-corrected chi connectivity index (χ1v) is 13.2. The Balaban J connectivity index is 1.20. The third-order valence-electron chi connectivity index (χ3n) is 7.22. The van der Waals surface area contributed by atoms with Crippen LogP contribution in [-0.4, -0.2) is 15.8 Å². The molecule has 3 aromatic rings. The Hall–Kier alpha value is -3.21. The van der Waals surface area contributed by atoms with E-state index in [2.05, 4.69) is 27.4 Å². The number of hydrogen-bond acceptors (Lipinski definition) is 5. The van der Waals surface area contributed by atoms with E-state index in [1.165, 1.54) is 56.9 Å². The number of hydrogen-bond donors (Lipinski definition) is 1. The SMILES string of the molecule is O=C(CCCC1CCCCC1)c1cc(Nc2ccc(OCc3ccccn3)cc2C2CC2)ccn1. The van der Waals surface area contributed by atoms with E-state index < -0.39 is 0 Å². The summed E-state index contributed by atoms with van der Waals surface area (Å²) in [7, 11) is 0. The number of nitrogens with one attached hydrogen (secondary N) is 1. The summed E-state index contributed by atoms with van der Waals surface area (Å²) in [4.78, 5) is 21.5. The van der Waals surface area contributed by atoms with Gasteiger partial charge in [-0.3, -0.25) is 14.8 Å². The van der Waals surface area contributed by atoms with E-state index >= 15 is 0 Å². The molecule has 2 aliphatic rings. The molecule has 2 saturated carbocycles. The summed E-state index contributed by atoms with van der Waals surface area (Å²) in [5.41, 5.74) is 4.71. The number of benzene rings is 1. The van der Waals surface area contributed by atoms with E-state index in [0.717, 1.165) is 35.2 Å². The number of anilines is 2. The van der Waals surface area contributed by atoms with Gasteiger partial charge >= 0.3 is 0 Å². The monoisotopic (exact) mass is 469 g/mol. The Bertz CT molecular complexity index is 1120. The Morgan fingerprint density at radius 3 is 2.63 bits per heavy atom. The quantitative estimate of drug-likeness (QED) is 0.293. The number of carbonyl (C=O) groups excluding carboxylic acids is 1. The predicted octanol–water partition coefficient (Wildman–Crippen LogP) is 7.61. The first kappa shape index (κ1) is 23.5. The number of Topliss-reactive ketones (excluding diaryl/α,β-unsaturated/α-hetero) is 1. The van der Waals surface area contributed by atoms with Crippen molar-refractivity contribution in [2.24, 2.45) is 5.92 Å². The molecule has 0 radical (unpaired) electrons. The molecule has 182 valence electrons. The lowest BCUT2D eigenvalue weighted by atomic mass is 9.85. The normalized spacial score (nSPS) is 16.1. The van der Waals surface area contributed by atoms with Crippen molar-refractivity contribution in [3.63, 3.8) is 0 Å². The Morgan fingerprint density at radius 2 is 1.83 bits per heavy atom. The molecule has 5 heteroatoms. The minimum atomic E-state index is 0.144. The summed E-state index contributed by atoms with van der Waals surface area (Å²) in [6.07, 6.45) is 15.4. The second-order valence-corrected chi connectivity index (χ2v) is 10.0. The van der Waals surface area contributed by atoms with Gasteiger partial charge < -0.3 is 10.1 Å². The molecule has 5 rings (SSSR count). The summed E-state index contributed by atoms with van der Waals surface area (Å²) in [5.74, 6) is 2.37. The smallest absolute Gasteiger partial charge is 0.181 e. The number of ether oxygens (including phenoxy) is 1. The number of ketones is 1. The number of pyridine rings is 2. The first-order valence-electron chi connectivity index (χ1n) is 13.2. The molecule has 1 N–H and O–H groups in total. The van der Waals surface area contributed by atoms with Gasteiger partial charge in [0.15, 0.2) is 5.78 Å². The van der Waals surface area contributed by atoms with Crippen molar-refractivity contribution in [2.45, 2.75) is 76.7 Å². The largest absolute Gasteiger partial charge is 0.487 e. The lowest BCUT2D eigenvalue weighted by molar-refractivity contribution is 0.0972. The van der Waals surface area contributed by atoms with Crippen molar-refractivity contribution in [1.82, 2.24) is 9.97 Å². The standard InChI is InChI=1S/C30H35N3O2/c34-30(11-6-9-22-7-2-1-3-8-22)29-19-24(16-18-32-29)33-28-15-14-26(20-27(28)23-12-13-23)35-21-25-10-4-5-17-31-25/h4-5,10,14-20,22-23H,1-3,6-9,11-13,21H2,(H,32,33). The van der Waals surface area contributed by atoms with Crippen LogP contribution in [0.1, 0.15) is 91.9 Å². The van der Waals surface area contributed by atoms with Crippen molar-refractivity contribution in [3.05, 3.63) is 77.9 Å². The fourth-order valence-corrected chi connectivity index (χ4v) is 5.09. The van der Waals surface area contributed by atoms with Crippen LogP contribution in [0.4, 0.5) is 11.4 Å². The number of nitrogens with zero attached hydrogens (tertiary/aromatic N) is 2. The van der Waals surface area contributed by atoms with Crippen molar-refractivity contribution < 1.29 is 9.53 Å². The third kappa shape index (κ3) is 6.68. The summed E-state index contributed by atoms with van der Waals surface area (Å²) in [6.45, 7) is 0.453. The van der Waals surface area contributed by atoms with E-state index in [4.69, 9.17) is 4.74 Å². The van der Waals surface area contributed by atoms with E-state index in [1.54, 1.807) is 12.4 Å². The molecule has 5 nitrogen and oxygen atoms in total. The first-order chi connectivity index (χ1) is 17.2. The lowest BCUT2D eigenvalue weighted by Crippen LogP contribution is -2.08. The zero-order valence-electron chi connectivity index (χ0n) is 20.4. The van der Waals surface area contributed by atoms with Crippen LogP contribution in [-0.2, 0) is 6.61 Å². The molecule has 1 aromatic carbocycles. The molecule has 0 atom stereocenters. The molecular weight excluding hydrogens is 434 g/mol. The summed E-state index contributed by atoms with van der Waals surface area (Å²) >= 11 is 0. The maximum absolute atomic E-state index is 12.8. The number of rotatable bonds is 11. The van der Waals surface area contributed by atoms with Gasteiger partial charge in [-0.15, -0.1) is 0 Å². The van der Waals surface area contributed by atoms with Gasteiger partial charge in [0.05, 0.1) is 5.69 Å². The van der Waals surface area contributed by atoms with Crippen molar-refractivity contribution in [2.75, 3.05) is 5.32 Å². The zero-order valence-corrected chi connectivity index (χ0v) is 20.4. The highest BCUT2D eigenvalue weighted by Gasteiger charge is 2.27. The Kier molecular flexibility index (Phi) is 7.72. The third-order valence-corrected chi connectivity index (χ3v) is 7.22. The molecule has 2 aromatic heterocycles. The minimum Gasteiger partial charge on any atom is -0.487 e. The average molecular weight is 470 g/mol. The van der Waals surface area contributed by atoms with Gasteiger partial charge in [-0.2, -0.15) is 0 Å². The van der Waals surface area contributed by atoms with Crippen LogP contribution in [0.25, 0.3) is 0 Å². The van der Waals surface area contributed by atoms with Gasteiger partial charge in [-0.25, -0.2) is 0 Å². The fourth-order valence-electron chi connectivity index (χ4n) is 5.09. The molecular formula is C30H35N3O2. The van der Waals surface area contributed by atoms with Crippen LogP contribution in [0.2, 0.25) is 0 Å². The second-order valence-electron chi connectivity index (χ2n) is 10.0. The van der Waals surface area contributed by atoms with Gasteiger partial charge in [0.1, 0.15) is 18.1 Å². The highest BCUT2D eigenvalue weighted by molar-refractivity contribution is 5.95. The molecule has 2 heterocycles. The maximum Gasteiger partial charge on any atom is 0.181 e. The van der Waals surface area contributed by atoms with E-state index in [0.29, 0.717) is 24.6 Å². The highest BCUT2D eigenvalue weighted by atomic mass is 16.5. The van der Waals surface area contributed by atoms with Gasteiger partial charge in [-0.05, 0) is 79.1 Å². The van der Waals surface area contributed by atoms with Crippen molar-refractivity contribution >= 4 is 17.2 Å². The van der Waals surface area contributed by atoms with Crippen molar-refractivity contribution in [3.8, 4) is 5.75 Å². The van der Waals surface area contributed by atoms with E-state index in [1.807, 2.05) is 36.4 Å². The maximum atomic E-state index is 12.8. The van der Waals surface area contributed by atoms with Crippen LogP contribution in [0, 0.1) is 5.92 Å². The molecule has 0 unspecified atom stereocenters. The summed E-state index contributed by atoms with van der Waals surface area (Å²) in [6, 6.07) is 15.9. The fraction of sp³-hybridized carbons (Fsp3) is 0.433. The molecule has 0 bridgehead atoms. The highest BCUT2D eigenvalue weighted by Crippen LogP contribution is 2.45. The molecule has 0 aliphatic heterocycles. The molecule has 35 heavy (non-hydrogen) atoms. The van der Waals surface area contributed by atoms with Crippen LogP contribution >= 0.6 is 0 Å². The van der Waals surface area contributed by atoms with E-state index in [9.17, 15) is 4.79 Å². The average Bonchev–Trinajstić information content (AvgIpc) is 3.75. The summed E-state index contributed by atoms with van der Waals surface area (Å²) < 4.78 is 6.00. The van der Waals surface area contributed by atoms with Gasteiger partial charge in [-0.1, -0.05) is 44.6 Å². The van der Waals surface area contributed by atoms with Crippen LogP contribution in [0.5, 0.6) is 5.75 Å². The van der Waals surface area contributed by atoms with Crippen LogP contribution in [0.3, 0.4) is 0 Å². The van der Waals surface area contributed by atoms with Gasteiger partial charge in [0, 0.05) is 30.2 Å². The van der Waals surface area contributed by atoms with Gasteiger partial charge in [0.25, 0.3) is 0 Å². The van der Waals surface area contributed by atoms with Gasteiger partial charge in [0.2, 0.25) is 0 Å². The molecule has 0 saturated heterocycles. The number of aromatic nitrogens is 2. The Labute approximate surface area is 208 Å². The predicted molar refractivity (Wildman–Crippen MR) is 139 cm³/mol. The molecule has 2 aliphatic carbocycles. The van der Waals surface area contributed by atoms with Crippen molar-refractivity contribution in [1.29, 1.82) is 0 Å². The van der Waals surface area contributed by atoms with Crippen LogP contribution < -0.4 is 10.1 Å². The Morgan fingerprint density at radius 1 is 0.943 bits per heavy atom. The topological polar surface area (TPSA) is 64.1 Å². The number of carbonyl (C=O) groups is 1. The van der Waals surface area contributed by atoms with E-state index in [-0.39, 0.29) is 5.78 Å². The summed E-state index contributed by atoms with van der Waals surface area (Å²) in [5, 5.41) is 3.54.